The van der Waals surface area contributed by atoms with Crippen LogP contribution in [0.4, 0.5) is 11.4 Å². The average molecular weight is 424 g/mol. The molecule has 2 aliphatic heterocycles. The predicted octanol–water partition coefficient (Wildman–Crippen LogP) is 3.92. The van der Waals surface area contributed by atoms with E-state index < -0.39 is 21.3 Å². The van der Waals surface area contributed by atoms with Crippen molar-refractivity contribution in [1.82, 2.24) is 4.31 Å². The largest absolute Gasteiger partial charge is 0.345 e. The van der Waals surface area contributed by atoms with Crippen LogP contribution in [0.3, 0.4) is 0 Å². The summed E-state index contributed by atoms with van der Waals surface area (Å²) in [6.07, 6.45) is 0. The van der Waals surface area contributed by atoms with Gasteiger partial charge in [0.2, 0.25) is 0 Å². The summed E-state index contributed by atoms with van der Waals surface area (Å²) in [6, 6.07) is 15.7. The number of anilines is 2. The molecule has 0 bridgehead atoms. The summed E-state index contributed by atoms with van der Waals surface area (Å²) >= 11 is 2.91. The minimum absolute atomic E-state index is 0.539. The van der Waals surface area contributed by atoms with E-state index in [0.29, 0.717) is 13.1 Å². The van der Waals surface area contributed by atoms with E-state index >= 15 is 0 Å². The maximum absolute atomic E-state index is 12.5. The molecule has 2 aliphatic rings. The van der Waals surface area contributed by atoms with Gasteiger partial charge in [-0.25, -0.2) is 0 Å². The molecule has 4 rings (SSSR count). The molecule has 0 radical (unpaired) electrons. The maximum Gasteiger partial charge on any atom is 0.340 e. The molecule has 0 aliphatic carbocycles. The van der Waals surface area contributed by atoms with Gasteiger partial charge in [0.05, 0.1) is 11.4 Å². The van der Waals surface area contributed by atoms with E-state index in [4.69, 9.17) is 0 Å². The Morgan fingerprint density at radius 2 is 1.30 bits per heavy atom. The first-order valence-electron chi connectivity index (χ1n) is 8.76. The summed E-state index contributed by atoms with van der Waals surface area (Å²) in [6.45, 7) is 5.26. The third-order valence-electron chi connectivity index (χ3n) is 4.73. The van der Waals surface area contributed by atoms with Gasteiger partial charge >= 0.3 is 10.3 Å². The second kappa shape index (κ2) is 7.21. The normalized spacial score (nSPS) is 21.6. The van der Waals surface area contributed by atoms with Crippen LogP contribution >= 0.6 is 23.5 Å². The van der Waals surface area contributed by atoms with E-state index in [1.807, 2.05) is 72.2 Å². The molecule has 0 spiro atoms. The van der Waals surface area contributed by atoms with Crippen molar-refractivity contribution in [3.05, 3.63) is 48.5 Å². The fraction of sp³-hybridized carbons (Fsp3) is 0.333. The van der Waals surface area contributed by atoms with Gasteiger partial charge < -0.3 is 9.80 Å². The van der Waals surface area contributed by atoms with Gasteiger partial charge in [-0.1, -0.05) is 47.8 Å². The Kier molecular flexibility index (Phi) is 5.06. The quantitative estimate of drug-likeness (QED) is 0.731. The zero-order valence-electron chi connectivity index (χ0n) is 15.0. The van der Waals surface area contributed by atoms with Crippen molar-refractivity contribution >= 4 is 45.2 Å². The lowest BCUT2D eigenvalue weighted by Gasteiger charge is -2.39. The molecule has 0 fully saturated rings. The Bertz CT molecular complexity index is 892. The molecule has 27 heavy (non-hydrogen) atoms. The summed E-state index contributed by atoms with van der Waals surface area (Å²) in [5.41, 5.74) is 0.908. The Morgan fingerprint density at radius 1 is 0.889 bits per heavy atom. The number of hydrogen-bond donors (Lipinski definition) is 1. The minimum Gasteiger partial charge on any atom is -0.345 e. The van der Waals surface area contributed by atoms with Crippen LogP contribution < -0.4 is 9.80 Å². The van der Waals surface area contributed by atoms with Crippen molar-refractivity contribution in [1.29, 1.82) is 0 Å². The Labute approximate surface area is 168 Å². The van der Waals surface area contributed by atoms with Crippen LogP contribution in [0.15, 0.2) is 58.3 Å². The molecule has 1 N–H and O–H groups in total. The molecule has 9 heteroatoms. The Balaban J connectivity index is 1.76. The second-order valence-corrected chi connectivity index (χ2v) is 9.72. The molecule has 0 aromatic heterocycles. The molecule has 2 unspecified atom stereocenters. The van der Waals surface area contributed by atoms with Gasteiger partial charge in [-0.05, 0) is 38.1 Å². The van der Waals surface area contributed by atoms with Crippen LogP contribution in [0.1, 0.15) is 13.8 Å². The van der Waals surface area contributed by atoms with Crippen molar-refractivity contribution in [3.63, 3.8) is 0 Å². The highest BCUT2D eigenvalue weighted by Gasteiger charge is 2.47. The minimum atomic E-state index is -4.44. The van der Waals surface area contributed by atoms with Gasteiger partial charge in [0, 0.05) is 22.9 Å². The topological polar surface area (TPSA) is 64.1 Å². The van der Waals surface area contributed by atoms with Crippen LogP contribution in [0.25, 0.3) is 0 Å². The Hall–Kier alpha value is -1.39. The molecule has 144 valence electrons. The molecule has 0 saturated heterocycles. The van der Waals surface area contributed by atoms with Crippen molar-refractivity contribution in [2.45, 2.75) is 34.6 Å². The van der Waals surface area contributed by atoms with Gasteiger partial charge in [-0.15, -0.1) is 4.31 Å². The van der Waals surface area contributed by atoms with Crippen molar-refractivity contribution in [2.75, 3.05) is 22.9 Å². The molecule has 2 aromatic carbocycles. The third-order valence-corrected chi connectivity index (χ3v) is 8.51. The van der Waals surface area contributed by atoms with E-state index in [1.165, 1.54) is 27.8 Å². The van der Waals surface area contributed by atoms with Gasteiger partial charge in [-0.2, -0.15) is 8.42 Å². The average Bonchev–Trinajstić information content (AvgIpc) is 3.18. The molecule has 0 saturated carbocycles. The molecule has 2 aromatic rings. The first kappa shape index (κ1) is 18.9. The van der Waals surface area contributed by atoms with Crippen LogP contribution in [0.5, 0.6) is 0 Å². The molecular weight excluding hydrogens is 402 g/mol. The number of nitrogens with zero attached hydrogens (tertiary/aromatic N) is 3. The van der Waals surface area contributed by atoms with E-state index in [2.05, 4.69) is 0 Å². The number of rotatable bonds is 5. The molecule has 2 heterocycles. The lowest BCUT2D eigenvalue weighted by Crippen LogP contribution is -2.55. The van der Waals surface area contributed by atoms with Crippen LogP contribution in [-0.2, 0) is 10.3 Å². The highest BCUT2D eigenvalue weighted by Crippen LogP contribution is 2.50. The number of hydrogen-bond acceptors (Lipinski definition) is 6. The van der Waals surface area contributed by atoms with Crippen molar-refractivity contribution < 1.29 is 13.0 Å². The van der Waals surface area contributed by atoms with E-state index in [-0.39, 0.29) is 0 Å². The lowest BCUT2D eigenvalue weighted by molar-refractivity contribution is 0.317. The summed E-state index contributed by atoms with van der Waals surface area (Å²) in [7, 11) is -4.44. The summed E-state index contributed by atoms with van der Waals surface area (Å²) in [4.78, 5) is 6.07. The SMILES string of the molecule is CCN1c2ccccc2SC1N(C1Sc2ccccc2N1CC)S(=O)(=O)O. The first-order chi connectivity index (χ1) is 13.0. The molecular formula is C18H21N3O3S3. The number of fused-ring (bicyclic) bond motifs is 2. The highest BCUT2D eigenvalue weighted by molar-refractivity contribution is 8.02. The number of thioether (sulfide) groups is 2. The monoisotopic (exact) mass is 423 g/mol. The van der Waals surface area contributed by atoms with E-state index in [1.54, 1.807) is 0 Å². The zero-order valence-corrected chi connectivity index (χ0v) is 17.5. The third kappa shape index (κ3) is 3.21. The number of benzene rings is 2. The van der Waals surface area contributed by atoms with Gasteiger partial charge in [0.25, 0.3) is 0 Å². The zero-order chi connectivity index (χ0) is 19.2. The smallest absolute Gasteiger partial charge is 0.340 e. The highest BCUT2D eigenvalue weighted by atomic mass is 32.2. The molecule has 2 atom stereocenters. The van der Waals surface area contributed by atoms with Crippen LogP contribution in [0, 0.1) is 0 Å². The van der Waals surface area contributed by atoms with E-state index in [0.717, 1.165) is 21.2 Å². The van der Waals surface area contributed by atoms with Gasteiger partial charge in [0.1, 0.15) is 0 Å². The second-order valence-electron chi connectivity index (χ2n) is 6.20. The van der Waals surface area contributed by atoms with Crippen LogP contribution in [-0.4, -0.2) is 41.4 Å². The summed E-state index contributed by atoms with van der Waals surface area (Å²) < 4.78 is 36.5. The Morgan fingerprint density at radius 3 is 1.67 bits per heavy atom. The lowest BCUT2D eigenvalue weighted by atomic mass is 10.3. The molecule has 0 amide bonds. The molecule has 6 nitrogen and oxygen atoms in total. The van der Waals surface area contributed by atoms with E-state index in [9.17, 15) is 13.0 Å². The van der Waals surface area contributed by atoms with Gasteiger partial charge in [0.15, 0.2) is 11.0 Å². The first-order valence-corrected chi connectivity index (χ1v) is 11.9. The van der Waals surface area contributed by atoms with Crippen LogP contribution in [0.2, 0.25) is 0 Å². The maximum atomic E-state index is 12.5. The fourth-order valence-corrected chi connectivity index (χ4v) is 7.82. The van der Waals surface area contributed by atoms with Crippen molar-refractivity contribution in [2.24, 2.45) is 0 Å². The fourth-order valence-electron chi connectivity index (χ4n) is 3.55. The van der Waals surface area contributed by atoms with Gasteiger partial charge in [-0.3, -0.25) is 4.55 Å². The standard InChI is InChI=1S/C18H21N3O3S3/c1-3-19-13-9-5-7-11-15(13)25-17(19)21(27(22,23)24)18-20(4-2)14-10-6-8-12-16(14)26-18/h5-12,17-18H,3-4H2,1-2H3,(H,22,23,24). The summed E-state index contributed by atoms with van der Waals surface area (Å²) in [5.74, 6) is 0. The number of para-hydroxylation sites is 2. The summed E-state index contributed by atoms with van der Waals surface area (Å²) in [5, 5.41) is 0. The van der Waals surface area contributed by atoms with Crippen molar-refractivity contribution in [3.8, 4) is 0 Å². The predicted molar refractivity (Wildman–Crippen MR) is 112 cm³/mol.